The second kappa shape index (κ2) is 52.2. The highest BCUT2D eigenvalue weighted by atomic mass is 16.5. The molecule has 2 atom stereocenters. The molecule has 0 bridgehead atoms. The number of rotatable bonds is 52. The first-order valence-electron chi connectivity index (χ1n) is 28.0. The predicted octanol–water partition coefficient (Wildman–Crippen LogP) is 16.9. The Morgan fingerprint density at radius 3 is 1.10 bits per heavy atom. The Hall–Kier alpha value is -1.40. The van der Waals surface area contributed by atoms with Crippen molar-refractivity contribution in [3.8, 4) is 0 Å². The summed E-state index contributed by atoms with van der Waals surface area (Å²) in [6, 6.07) is -0.636. The van der Waals surface area contributed by atoms with E-state index < -0.39 is 12.1 Å². The van der Waals surface area contributed by atoms with Gasteiger partial charge in [-0.25, -0.2) is 0 Å². The number of aliphatic hydroxyl groups excluding tert-OH is 2. The Morgan fingerprint density at radius 2 is 0.742 bits per heavy atom. The Bertz CT molecular complexity index is 924. The molecular weight excluding hydrogens is 767 g/mol. The maximum absolute atomic E-state index is 12.4. The highest BCUT2D eigenvalue weighted by Gasteiger charge is 2.18. The summed E-state index contributed by atoms with van der Waals surface area (Å²) in [6.45, 7) is 4.90. The number of carbonyl (C=O) groups excluding carboxylic acids is 2. The summed E-state index contributed by atoms with van der Waals surface area (Å²) in [5, 5.41) is 23.1. The number of carbonyl (C=O) groups is 2. The monoisotopic (exact) mass is 876 g/mol. The first-order chi connectivity index (χ1) is 30.5. The van der Waals surface area contributed by atoms with Crippen LogP contribution < -0.4 is 5.32 Å². The third-order valence-electron chi connectivity index (χ3n) is 13.1. The van der Waals surface area contributed by atoms with Crippen LogP contribution in [0, 0.1) is 0 Å². The molecule has 0 saturated carbocycles. The van der Waals surface area contributed by atoms with Gasteiger partial charge in [0, 0.05) is 12.8 Å². The zero-order valence-corrected chi connectivity index (χ0v) is 41.9. The number of hydrogen-bond donors (Lipinski definition) is 3. The highest BCUT2D eigenvalue weighted by molar-refractivity contribution is 5.76. The SMILES string of the molecule is CCCCCCCCCCCCCCCC/C=C/C(O)C(CO)NC(=O)CCCCCCCCCCCCCCCOC(=O)CCCCCCCCCCCCCCCCCC. The first-order valence-corrected chi connectivity index (χ1v) is 28.0. The van der Waals surface area contributed by atoms with Crippen molar-refractivity contribution in [1.82, 2.24) is 5.32 Å². The second-order valence-electron chi connectivity index (χ2n) is 19.3. The first kappa shape index (κ1) is 60.6. The lowest BCUT2D eigenvalue weighted by Crippen LogP contribution is -2.45. The third kappa shape index (κ3) is 48.1. The summed E-state index contributed by atoms with van der Waals surface area (Å²) in [6.07, 6.45) is 60.7. The molecule has 62 heavy (non-hydrogen) atoms. The molecule has 0 fully saturated rings. The van der Waals surface area contributed by atoms with E-state index in [9.17, 15) is 19.8 Å². The van der Waals surface area contributed by atoms with Crippen LogP contribution in [0.4, 0.5) is 0 Å². The van der Waals surface area contributed by atoms with Crippen molar-refractivity contribution in [3.63, 3.8) is 0 Å². The Labute approximate surface area is 387 Å². The Kier molecular flexibility index (Phi) is 51.0. The summed E-state index contributed by atoms with van der Waals surface area (Å²) in [4.78, 5) is 24.5. The number of allylic oxidation sites excluding steroid dienone is 1. The Morgan fingerprint density at radius 1 is 0.435 bits per heavy atom. The summed E-state index contributed by atoms with van der Waals surface area (Å²) in [7, 11) is 0. The fraction of sp³-hybridized carbons (Fsp3) is 0.929. The molecule has 0 spiro atoms. The number of nitrogens with one attached hydrogen (secondary N) is 1. The number of esters is 1. The van der Waals surface area contributed by atoms with Crippen molar-refractivity contribution < 1.29 is 24.5 Å². The number of aliphatic hydroxyl groups is 2. The van der Waals surface area contributed by atoms with Gasteiger partial charge >= 0.3 is 5.97 Å². The normalized spacial score (nSPS) is 12.6. The molecule has 368 valence electrons. The van der Waals surface area contributed by atoms with Crippen molar-refractivity contribution in [3.05, 3.63) is 12.2 Å². The quantitative estimate of drug-likeness (QED) is 0.0321. The zero-order valence-electron chi connectivity index (χ0n) is 41.9. The maximum atomic E-state index is 12.4. The van der Waals surface area contributed by atoms with Crippen LogP contribution in [0.25, 0.3) is 0 Å². The summed E-state index contributed by atoms with van der Waals surface area (Å²) >= 11 is 0. The molecule has 0 radical (unpaired) electrons. The number of unbranched alkanes of at least 4 members (excludes halogenated alkanes) is 41. The molecule has 2 unspecified atom stereocenters. The zero-order chi connectivity index (χ0) is 45.1. The van der Waals surface area contributed by atoms with Crippen molar-refractivity contribution in [2.75, 3.05) is 13.2 Å². The molecule has 1 amide bonds. The van der Waals surface area contributed by atoms with Crippen molar-refractivity contribution in [2.45, 2.75) is 321 Å². The van der Waals surface area contributed by atoms with E-state index in [1.165, 1.54) is 225 Å². The second-order valence-corrected chi connectivity index (χ2v) is 19.3. The molecule has 6 nitrogen and oxygen atoms in total. The molecule has 0 aliphatic carbocycles. The summed E-state index contributed by atoms with van der Waals surface area (Å²) in [5.41, 5.74) is 0. The smallest absolute Gasteiger partial charge is 0.305 e. The molecule has 0 aromatic heterocycles. The maximum Gasteiger partial charge on any atom is 0.305 e. The van der Waals surface area contributed by atoms with E-state index in [2.05, 4.69) is 19.2 Å². The number of hydrogen-bond acceptors (Lipinski definition) is 5. The van der Waals surface area contributed by atoms with E-state index in [-0.39, 0.29) is 18.5 Å². The minimum absolute atomic E-state index is 0.00294. The van der Waals surface area contributed by atoms with E-state index in [0.717, 1.165) is 57.8 Å². The fourth-order valence-electron chi connectivity index (χ4n) is 8.75. The van der Waals surface area contributed by atoms with Crippen LogP contribution in [0.3, 0.4) is 0 Å². The average molecular weight is 876 g/mol. The van der Waals surface area contributed by atoms with Crippen LogP contribution in [-0.4, -0.2) is 47.4 Å². The van der Waals surface area contributed by atoms with Crippen molar-refractivity contribution in [2.24, 2.45) is 0 Å². The van der Waals surface area contributed by atoms with Gasteiger partial charge in [0.15, 0.2) is 0 Å². The lowest BCUT2D eigenvalue weighted by Gasteiger charge is -2.20. The minimum Gasteiger partial charge on any atom is -0.466 e. The Balaban J connectivity index is 3.46. The van der Waals surface area contributed by atoms with Crippen molar-refractivity contribution in [1.29, 1.82) is 0 Å². The van der Waals surface area contributed by atoms with Crippen LogP contribution in [0.5, 0.6) is 0 Å². The lowest BCUT2D eigenvalue weighted by atomic mass is 10.0. The summed E-state index contributed by atoms with van der Waals surface area (Å²) < 4.78 is 5.48. The molecular formula is C56H109NO5. The largest absolute Gasteiger partial charge is 0.466 e. The van der Waals surface area contributed by atoms with Gasteiger partial charge in [0.05, 0.1) is 25.4 Å². The lowest BCUT2D eigenvalue weighted by molar-refractivity contribution is -0.143. The van der Waals surface area contributed by atoms with Gasteiger partial charge in [0.2, 0.25) is 5.91 Å². The molecule has 0 saturated heterocycles. The van der Waals surface area contributed by atoms with Crippen LogP contribution in [-0.2, 0) is 14.3 Å². The van der Waals surface area contributed by atoms with Gasteiger partial charge in [0.1, 0.15) is 0 Å². The topological polar surface area (TPSA) is 95.9 Å². The predicted molar refractivity (Wildman–Crippen MR) is 269 cm³/mol. The molecule has 0 aliphatic heterocycles. The molecule has 0 aliphatic rings. The van der Waals surface area contributed by atoms with Gasteiger partial charge in [-0.1, -0.05) is 276 Å². The fourth-order valence-corrected chi connectivity index (χ4v) is 8.75. The average Bonchev–Trinajstić information content (AvgIpc) is 3.27. The van der Waals surface area contributed by atoms with E-state index in [4.69, 9.17) is 4.74 Å². The van der Waals surface area contributed by atoms with Crippen LogP contribution in [0.2, 0.25) is 0 Å². The molecule has 3 N–H and O–H groups in total. The molecule has 0 aromatic rings. The molecule has 0 rings (SSSR count). The van der Waals surface area contributed by atoms with Crippen LogP contribution >= 0.6 is 0 Å². The van der Waals surface area contributed by atoms with Crippen LogP contribution in [0.15, 0.2) is 12.2 Å². The molecule has 0 heterocycles. The minimum atomic E-state index is -0.852. The third-order valence-corrected chi connectivity index (χ3v) is 13.1. The standard InChI is InChI=1S/C56H109NO5/c1-3-5-7-9-11-13-15-17-19-21-24-28-32-36-40-44-48-54(59)53(52-58)57-55(60)49-45-41-37-33-29-25-23-27-31-35-39-43-47-51-62-56(61)50-46-42-38-34-30-26-22-20-18-16-14-12-10-8-6-4-2/h44,48,53-54,58-59H,3-43,45-47,49-52H2,1-2H3,(H,57,60)/b48-44+. The van der Waals surface area contributed by atoms with Gasteiger partial charge in [-0.15, -0.1) is 0 Å². The molecule has 0 aromatic carbocycles. The summed E-state index contributed by atoms with van der Waals surface area (Å²) in [5.74, 6) is -0.0814. The van der Waals surface area contributed by atoms with Gasteiger partial charge in [0.25, 0.3) is 0 Å². The van der Waals surface area contributed by atoms with Gasteiger partial charge in [-0.3, -0.25) is 9.59 Å². The van der Waals surface area contributed by atoms with E-state index in [1.807, 2.05) is 6.08 Å². The van der Waals surface area contributed by atoms with Gasteiger partial charge in [-0.2, -0.15) is 0 Å². The highest BCUT2D eigenvalue weighted by Crippen LogP contribution is 2.17. The van der Waals surface area contributed by atoms with E-state index >= 15 is 0 Å². The number of ether oxygens (including phenoxy) is 1. The van der Waals surface area contributed by atoms with Crippen molar-refractivity contribution >= 4 is 11.9 Å². The van der Waals surface area contributed by atoms with E-state index in [0.29, 0.717) is 19.4 Å². The number of amides is 1. The van der Waals surface area contributed by atoms with Gasteiger partial charge < -0.3 is 20.3 Å². The van der Waals surface area contributed by atoms with Gasteiger partial charge in [-0.05, 0) is 32.1 Å². The van der Waals surface area contributed by atoms with E-state index in [1.54, 1.807) is 6.08 Å². The molecule has 6 heteroatoms. The van der Waals surface area contributed by atoms with Crippen LogP contribution in [0.1, 0.15) is 309 Å².